The molecular weight excluding hydrogens is 320 g/mol. The minimum Gasteiger partial charge on any atom is -0.444 e. The van der Waals surface area contributed by atoms with E-state index in [1.807, 2.05) is 32.9 Å². The van der Waals surface area contributed by atoms with E-state index in [0.29, 0.717) is 18.8 Å². The number of hydrogen-bond acceptors (Lipinski definition) is 5. The molecule has 1 unspecified atom stereocenters. The van der Waals surface area contributed by atoms with Gasteiger partial charge in [-0.05, 0) is 56.8 Å². The first-order chi connectivity index (χ1) is 11.7. The summed E-state index contributed by atoms with van der Waals surface area (Å²) in [5, 5.41) is 18.6. The Balaban J connectivity index is 2.09. The zero-order chi connectivity index (χ0) is 18.6. The number of carbonyl (C=O) groups is 1. The van der Waals surface area contributed by atoms with Gasteiger partial charge in [-0.1, -0.05) is 31.2 Å². The second-order valence-electron chi connectivity index (χ2n) is 7.49. The number of hydroxylamine groups is 2. The topological polar surface area (TPSA) is 73.2 Å². The summed E-state index contributed by atoms with van der Waals surface area (Å²) in [4.78, 5) is 13.8. The average molecular weight is 348 g/mol. The minimum atomic E-state index is -0.496. The Bertz CT molecular complexity index is 624. The summed E-state index contributed by atoms with van der Waals surface area (Å²) in [7, 11) is 0. The lowest BCUT2D eigenvalue weighted by Crippen LogP contribution is -2.39. The minimum absolute atomic E-state index is 0.144. The number of hydrogen-bond donors (Lipinski definition) is 2. The molecule has 1 amide bonds. The highest BCUT2D eigenvalue weighted by molar-refractivity contribution is 5.69. The fraction of sp³-hybridized carbons (Fsp3) is 0.526. The molecular formula is C19H28N2O4. The molecule has 25 heavy (non-hydrogen) atoms. The van der Waals surface area contributed by atoms with Gasteiger partial charge in [-0.15, -0.1) is 5.23 Å². The Kier molecular flexibility index (Phi) is 6.08. The van der Waals surface area contributed by atoms with Crippen molar-refractivity contribution in [3.05, 3.63) is 47.2 Å². The van der Waals surface area contributed by atoms with E-state index in [4.69, 9.17) is 4.74 Å². The van der Waals surface area contributed by atoms with Crippen LogP contribution in [0.1, 0.15) is 40.5 Å². The number of rotatable bonds is 2. The lowest BCUT2D eigenvalue weighted by atomic mass is 9.93. The maximum atomic E-state index is 12.1. The Morgan fingerprint density at radius 2 is 2.00 bits per heavy atom. The SMILES string of the molecule is CC1C=C(C2=CCN(C(=O)OC(C)(C)C)CC2)C=CC(N(O)O)=CC1. The van der Waals surface area contributed by atoms with Gasteiger partial charge in [0.15, 0.2) is 0 Å². The summed E-state index contributed by atoms with van der Waals surface area (Å²) in [5.41, 5.74) is 2.07. The van der Waals surface area contributed by atoms with Crippen molar-refractivity contribution in [2.45, 2.75) is 46.1 Å². The van der Waals surface area contributed by atoms with Crippen LogP contribution in [0.25, 0.3) is 0 Å². The molecule has 1 aliphatic heterocycles. The quantitative estimate of drug-likeness (QED) is 0.737. The van der Waals surface area contributed by atoms with Crippen molar-refractivity contribution in [1.82, 2.24) is 10.1 Å². The zero-order valence-electron chi connectivity index (χ0n) is 15.4. The van der Waals surface area contributed by atoms with E-state index in [1.54, 1.807) is 17.1 Å². The lowest BCUT2D eigenvalue weighted by Gasteiger charge is -2.30. The van der Waals surface area contributed by atoms with Crippen molar-refractivity contribution < 1.29 is 19.9 Å². The highest BCUT2D eigenvalue weighted by atomic mass is 16.8. The molecule has 6 nitrogen and oxygen atoms in total. The fourth-order valence-electron chi connectivity index (χ4n) is 2.77. The Labute approximate surface area is 149 Å². The highest BCUT2D eigenvalue weighted by Crippen LogP contribution is 2.26. The number of carbonyl (C=O) groups excluding carboxylic acids is 1. The van der Waals surface area contributed by atoms with Gasteiger partial charge in [0.25, 0.3) is 0 Å². The third kappa shape index (κ3) is 5.76. The second kappa shape index (κ2) is 7.89. The maximum absolute atomic E-state index is 12.1. The molecule has 0 aromatic carbocycles. The van der Waals surface area contributed by atoms with Crippen molar-refractivity contribution in [2.75, 3.05) is 13.1 Å². The van der Waals surface area contributed by atoms with Crippen molar-refractivity contribution >= 4 is 6.09 Å². The monoisotopic (exact) mass is 348 g/mol. The van der Waals surface area contributed by atoms with E-state index in [2.05, 4.69) is 13.0 Å². The fourth-order valence-corrected chi connectivity index (χ4v) is 2.77. The van der Waals surface area contributed by atoms with Crippen LogP contribution in [0.4, 0.5) is 4.79 Å². The first kappa shape index (κ1) is 19.3. The Hall–Kier alpha value is -2.05. The van der Waals surface area contributed by atoms with E-state index in [-0.39, 0.29) is 17.2 Å². The van der Waals surface area contributed by atoms with Gasteiger partial charge in [0.1, 0.15) is 5.60 Å². The van der Waals surface area contributed by atoms with Crippen LogP contribution in [0, 0.1) is 5.92 Å². The first-order valence-electron chi connectivity index (χ1n) is 8.61. The third-order valence-electron chi connectivity index (χ3n) is 4.06. The molecule has 0 saturated carbocycles. The molecule has 0 bridgehead atoms. The molecule has 0 fully saturated rings. The van der Waals surface area contributed by atoms with Crippen LogP contribution < -0.4 is 0 Å². The van der Waals surface area contributed by atoms with Gasteiger partial charge in [0, 0.05) is 13.1 Å². The zero-order valence-corrected chi connectivity index (χ0v) is 15.4. The molecule has 0 aromatic heterocycles. The van der Waals surface area contributed by atoms with Gasteiger partial charge in [-0.2, -0.15) is 0 Å². The van der Waals surface area contributed by atoms with Crippen LogP contribution in [0.15, 0.2) is 47.2 Å². The molecule has 2 rings (SSSR count). The summed E-state index contributed by atoms with van der Waals surface area (Å²) in [6, 6.07) is 0. The maximum Gasteiger partial charge on any atom is 0.410 e. The molecule has 0 saturated heterocycles. The molecule has 6 heteroatoms. The summed E-state index contributed by atoms with van der Waals surface area (Å²) in [6.45, 7) is 8.78. The van der Waals surface area contributed by atoms with Crippen LogP contribution >= 0.6 is 0 Å². The highest BCUT2D eigenvalue weighted by Gasteiger charge is 2.24. The van der Waals surface area contributed by atoms with E-state index >= 15 is 0 Å². The molecule has 1 aliphatic carbocycles. The van der Waals surface area contributed by atoms with Crippen molar-refractivity contribution in [3.63, 3.8) is 0 Å². The number of ether oxygens (including phenoxy) is 1. The molecule has 0 aromatic rings. The van der Waals surface area contributed by atoms with Gasteiger partial charge >= 0.3 is 6.09 Å². The third-order valence-corrected chi connectivity index (χ3v) is 4.06. The van der Waals surface area contributed by atoms with Gasteiger partial charge in [0.05, 0.1) is 5.70 Å². The average Bonchev–Trinajstić information content (AvgIpc) is 2.49. The largest absolute Gasteiger partial charge is 0.444 e. The van der Waals surface area contributed by atoms with Crippen LogP contribution in [0.3, 0.4) is 0 Å². The van der Waals surface area contributed by atoms with E-state index in [9.17, 15) is 15.2 Å². The molecule has 138 valence electrons. The van der Waals surface area contributed by atoms with Crippen LogP contribution in [-0.2, 0) is 4.74 Å². The van der Waals surface area contributed by atoms with Crippen molar-refractivity contribution in [3.8, 4) is 0 Å². The summed E-state index contributed by atoms with van der Waals surface area (Å²) in [5.74, 6) is 0.277. The molecule has 2 N–H and O–H groups in total. The predicted molar refractivity (Wildman–Crippen MR) is 95.0 cm³/mol. The normalized spacial score (nSPS) is 21.6. The summed E-state index contributed by atoms with van der Waals surface area (Å²) < 4.78 is 5.41. The second-order valence-corrected chi connectivity index (χ2v) is 7.49. The lowest BCUT2D eigenvalue weighted by molar-refractivity contribution is -0.275. The first-order valence-corrected chi connectivity index (χ1v) is 8.61. The smallest absolute Gasteiger partial charge is 0.410 e. The Morgan fingerprint density at radius 1 is 1.28 bits per heavy atom. The van der Waals surface area contributed by atoms with Gasteiger partial charge < -0.3 is 9.64 Å². The van der Waals surface area contributed by atoms with Crippen molar-refractivity contribution in [1.29, 1.82) is 0 Å². The molecule has 1 atom stereocenters. The number of allylic oxidation sites excluding steroid dienone is 5. The van der Waals surface area contributed by atoms with Gasteiger partial charge in [0.2, 0.25) is 0 Å². The standard InChI is InChI=1S/C19H28N2O4/c1-14-5-7-17(21(23)24)8-6-16(13-14)15-9-11-20(12-10-15)18(22)25-19(2,3)4/h6-9,13-14,23-24H,5,10-12H2,1-4H3. The van der Waals surface area contributed by atoms with Gasteiger partial charge in [-0.25, -0.2) is 4.79 Å². The van der Waals surface area contributed by atoms with Crippen LogP contribution in [-0.4, -0.2) is 45.3 Å². The summed E-state index contributed by atoms with van der Waals surface area (Å²) in [6.07, 6.45) is 10.7. The van der Waals surface area contributed by atoms with Gasteiger partial charge in [-0.3, -0.25) is 10.4 Å². The summed E-state index contributed by atoms with van der Waals surface area (Å²) >= 11 is 0. The molecule has 0 spiro atoms. The molecule has 2 aliphatic rings. The van der Waals surface area contributed by atoms with E-state index in [1.165, 1.54) is 0 Å². The number of nitrogens with zero attached hydrogens (tertiary/aromatic N) is 2. The van der Waals surface area contributed by atoms with Crippen molar-refractivity contribution in [2.24, 2.45) is 5.92 Å². The predicted octanol–water partition coefficient (Wildman–Crippen LogP) is 4.04. The van der Waals surface area contributed by atoms with Crippen LogP contribution in [0.5, 0.6) is 0 Å². The molecule has 0 radical (unpaired) electrons. The van der Waals surface area contributed by atoms with E-state index < -0.39 is 5.60 Å². The number of amides is 1. The molecule has 1 heterocycles. The Morgan fingerprint density at radius 3 is 2.56 bits per heavy atom. The van der Waals surface area contributed by atoms with Crippen LogP contribution in [0.2, 0.25) is 0 Å². The van der Waals surface area contributed by atoms with E-state index in [0.717, 1.165) is 24.0 Å².